The second kappa shape index (κ2) is 7.70. The van der Waals surface area contributed by atoms with E-state index in [0.717, 1.165) is 31.5 Å². The summed E-state index contributed by atoms with van der Waals surface area (Å²) in [7, 11) is -1.32. The van der Waals surface area contributed by atoms with Crippen LogP contribution in [0.2, 0.25) is 0 Å². The van der Waals surface area contributed by atoms with Crippen molar-refractivity contribution in [2.45, 2.75) is 49.8 Å². The molecule has 1 rings (SSSR count). The zero-order valence-corrected chi connectivity index (χ0v) is 12.4. The summed E-state index contributed by atoms with van der Waals surface area (Å²) in [6.45, 7) is 6.91. The molecule has 0 aliphatic carbocycles. The predicted molar refractivity (Wildman–Crippen MR) is 74.6 cm³/mol. The van der Waals surface area contributed by atoms with Gasteiger partial charge in [-0.2, -0.15) is 0 Å². The molecule has 108 valence electrons. The molecule has 0 spiro atoms. The average Bonchev–Trinajstić information content (AvgIpc) is 2.38. The quantitative estimate of drug-likeness (QED) is 0.835. The molecule has 0 aliphatic heterocycles. The first-order chi connectivity index (χ1) is 8.95. The van der Waals surface area contributed by atoms with Gasteiger partial charge in [0.25, 0.3) is 0 Å². The summed E-state index contributed by atoms with van der Waals surface area (Å²) in [6, 6.07) is 3.68. The van der Waals surface area contributed by atoms with Gasteiger partial charge in [-0.05, 0) is 44.5 Å². The Morgan fingerprint density at radius 1 is 1.26 bits per heavy atom. The summed E-state index contributed by atoms with van der Waals surface area (Å²) >= 11 is 0. The second-order valence-corrected chi connectivity index (χ2v) is 6.65. The first-order valence-corrected chi connectivity index (χ1v) is 7.76. The number of nitrogens with one attached hydrogen (secondary N) is 1. The van der Waals surface area contributed by atoms with Gasteiger partial charge in [-0.3, -0.25) is 4.21 Å². The van der Waals surface area contributed by atoms with E-state index in [1.165, 1.54) is 6.07 Å². The van der Waals surface area contributed by atoms with Gasteiger partial charge in [-0.25, -0.2) is 8.78 Å². The van der Waals surface area contributed by atoms with Crippen molar-refractivity contribution in [3.63, 3.8) is 0 Å². The van der Waals surface area contributed by atoms with Crippen molar-refractivity contribution in [2.24, 2.45) is 0 Å². The van der Waals surface area contributed by atoms with Crippen molar-refractivity contribution >= 4 is 10.8 Å². The maximum Gasteiger partial charge on any atom is 0.160 e. The van der Waals surface area contributed by atoms with E-state index in [1.807, 2.05) is 13.8 Å². The molecule has 1 aromatic carbocycles. The molecule has 0 aromatic heterocycles. The molecule has 3 atom stereocenters. The van der Waals surface area contributed by atoms with Gasteiger partial charge in [0.05, 0.1) is 10.8 Å². The topological polar surface area (TPSA) is 29.1 Å². The van der Waals surface area contributed by atoms with Gasteiger partial charge in [0.1, 0.15) is 0 Å². The predicted octanol–water partition coefficient (Wildman–Crippen LogP) is 3.24. The molecule has 0 bridgehead atoms. The Morgan fingerprint density at radius 2 is 1.95 bits per heavy atom. The molecule has 0 aliphatic rings. The lowest BCUT2D eigenvalue weighted by Gasteiger charge is -2.18. The Bertz CT molecular complexity index is 439. The van der Waals surface area contributed by atoms with Gasteiger partial charge in [0.15, 0.2) is 11.6 Å². The van der Waals surface area contributed by atoms with Gasteiger partial charge < -0.3 is 5.32 Å². The lowest BCUT2D eigenvalue weighted by atomic mass is 10.2. The van der Waals surface area contributed by atoms with E-state index >= 15 is 0 Å². The summed E-state index contributed by atoms with van der Waals surface area (Å²) in [6.07, 6.45) is 1.77. The molecular formula is C14H21F2NOS. The van der Waals surface area contributed by atoms with E-state index in [4.69, 9.17) is 0 Å². The SMILES string of the molecule is CCCNC(C)CC(C)S(=O)c1ccc(F)c(F)c1. The molecule has 1 aromatic rings. The van der Waals surface area contributed by atoms with Crippen molar-refractivity contribution in [3.8, 4) is 0 Å². The molecule has 0 heterocycles. The van der Waals surface area contributed by atoms with Gasteiger partial charge in [-0.15, -0.1) is 0 Å². The van der Waals surface area contributed by atoms with Crippen LogP contribution in [0.1, 0.15) is 33.6 Å². The number of rotatable bonds is 7. The van der Waals surface area contributed by atoms with E-state index in [9.17, 15) is 13.0 Å². The van der Waals surface area contributed by atoms with Crippen LogP contribution in [0, 0.1) is 11.6 Å². The van der Waals surface area contributed by atoms with Crippen molar-refractivity contribution in [2.75, 3.05) is 6.54 Å². The normalized spacial score (nSPS) is 16.1. The fourth-order valence-corrected chi connectivity index (χ4v) is 3.24. The van der Waals surface area contributed by atoms with Crippen LogP contribution < -0.4 is 5.32 Å². The third kappa shape index (κ3) is 4.99. The zero-order chi connectivity index (χ0) is 14.4. The van der Waals surface area contributed by atoms with Gasteiger partial charge in [-0.1, -0.05) is 13.8 Å². The molecule has 3 unspecified atom stereocenters. The van der Waals surface area contributed by atoms with Crippen LogP contribution in [0.25, 0.3) is 0 Å². The van der Waals surface area contributed by atoms with E-state index < -0.39 is 22.4 Å². The highest BCUT2D eigenvalue weighted by Crippen LogP contribution is 2.17. The average molecular weight is 289 g/mol. The minimum atomic E-state index is -1.32. The second-order valence-electron chi connectivity index (χ2n) is 4.77. The lowest BCUT2D eigenvalue weighted by molar-refractivity contribution is 0.503. The summed E-state index contributed by atoms with van der Waals surface area (Å²) in [4.78, 5) is 0.342. The zero-order valence-electron chi connectivity index (χ0n) is 11.6. The summed E-state index contributed by atoms with van der Waals surface area (Å²) in [5.74, 6) is -1.86. The summed E-state index contributed by atoms with van der Waals surface area (Å²) in [5.41, 5.74) is 0. The first kappa shape index (κ1) is 16.2. The molecular weight excluding hydrogens is 268 g/mol. The molecule has 2 nitrogen and oxygen atoms in total. The van der Waals surface area contributed by atoms with Gasteiger partial charge in [0, 0.05) is 16.2 Å². The maximum atomic E-state index is 13.1. The van der Waals surface area contributed by atoms with Crippen LogP contribution in [0.5, 0.6) is 0 Å². The summed E-state index contributed by atoms with van der Waals surface area (Å²) < 4.78 is 38.2. The number of benzene rings is 1. The minimum Gasteiger partial charge on any atom is -0.314 e. The van der Waals surface area contributed by atoms with Crippen LogP contribution >= 0.6 is 0 Å². The standard InChI is InChI=1S/C14H21F2NOS/c1-4-7-17-10(2)8-11(3)19(18)12-5-6-13(15)14(16)9-12/h5-6,9-11,17H,4,7-8H2,1-3H3. The molecule has 1 N–H and O–H groups in total. The van der Waals surface area contributed by atoms with E-state index in [0.29, 0.717) is 4.90 Å². The third-order valence-corrected chi connectivity index (χ3v) is 4.56. The molecule has 0 saturated carbocycles. The minimum absolute atomic E-state index is 0.107. The number of hydrogen-bond acceptors (Lipinski definition) is 2. The maximum absolute atomic E-state index is 13.1. The van der Waals surface area contributed by atoms with Crippen molar-refractivity contribution in [1.82, 2.24) is 5.32 Å². The van der Waals surface area contributed by atoms with Crippen LogP contribution in [0.4, 0.5) is 8.78 Å². The third-order valence-electron chi connectivity index (χ3n) is 2.92. The van der Waals surface area contributed by atoms with Crippen molar-refractivity contribution < 1.29 is 13.0 Å². The largest absolute Gasteiger partial charge is 0.314 e. The van der Waals surface area contributed by atoms with Crippen molar-refractivity contribution in [3.05, 3.63) is 29.8 Å². The van der Waals surface area contributed by atoms with Gasteiger partial charge >= 0.3 is 0 Å². The van der Waals surface area contributed by atoms with Crippen LogP contribution in [-0.2, 0) is 10.8 Å². The fourth-order valence-electron chi connectivity index (χ4n) is 1.89. The van der Waals surface area contributed by atoms with E-state index in [-0.39, 0.29) is 11.3 Å². The smallest absolute Gasteiger partial charge is 0.160 e. The van der Waals surface area contributed by atoms with E-state index in [2.05, 4.69) is 12.2 Å². The Hall–Kier alpha value is -0.810. The lowest BCUT2D eigenvalue weighted by Crippen LogP contribution is -2.31. The Labute approximate surface area is 116 Å². The molecule has 0 saturated heterocycles. The Morgan fingerprint density at radius 3 is 2.53 bits per heavy atom. The number of hydrogen-bond donors (Lipinski definition) is 1. The first-order valence-electron chi connectivity index (χ1n) is 6.54. The molecule has 0 amide bonds. The highest BCUT2D eigenvalue weighted by molar-refractivity contribution is 7.85. The Balaban J connectivity index is 2.63. The highest BCUT2D eigenvalue weighted by atomic mass is 32.2. The molecule has 0 fully saturated rings. The van der Waals surface area contributed by atoms with Crippen LogP contribution in [0.3, 0.4) is 0 Å². The van der Waals surface area contributed by atoms with Crippen LogP contribution in [0.15, 0.2) is 23.1 Å². The summed E-state index contributed by atoms with van der Waals surface area (Å²) in [5, 5.41) is 3.21. The molecule has 19 heavy (non-hydrogen) atoms. The van der Waals surface area contributed by atoms with Crippen molar-refractivity contribution in [1.29, 1.82) is 0 Å². The van der Waals surface area contributed by atoms with Crippen LogP contribution in [-0.4, -0.2) is 22.0 Å². The van der Waals surface area contributed by atoms with E-state index in [1.54, 1.807) is 0 Å². The van der Waals surface area contributed by atoms with Gasteiger partial charge in [0.2, 0.25) is 0 Å². The molecule has 5 heteroatoms. The number of halogens is 2. The highest BCUT2D eigenvalue weighted by Gasteiger charge is 2.17. The fraction of sp³-hybridized carbons (Fsp3) is 0.571. The Kier molecular flexibility index (Phi) is 6.58. The molecule has 0 radical (unpaired) electrons. The monoisotopic (exact) mass is 289 g/mol.